The number of nitriles is 1. The van der Waals surface area contributed by atoms with E-state index in [1.54, 1.807) is 13.0 Å². The van der Waals surface area contributed by atoms with Gasteiger partial charge in [0.2, 0.25) is 5.91 Å². The SMILES string of the molecule is CC1=C(C(=O)Nc2ccccc2C)C(c2cccs2)C(C#N)=C(SCC(=O)Nc2ccccc2C(F)(F)F)N1. The van der Waals surface area contributed by atoms with Crippen LogP contribution in [0, 0.1) is 18.3 Å². The summed E-state index contributed by atoms with van der Waals surface area (Å²) < 4.78 is 39.9. The highest BCUT2D eigenvalue weighted by Crippen LogP contribution is 2.42. The molecule has 0 fully saturated rings. The van der Waals surface area contributed by atoms with Gasteiger partial charge in [-0.25, -0.2) is 0 Å². The summed E-state index contributed by atoms with van der Waals surface area (Å²) >= 11 is 2.38. The first-order chi connectivity index (χ1) is 18.6. The number of carbonyl (C=O) groups is 2. The number of amides is 2. The molecule has 0 bridgehead atoms. The summed E-state index contributed by atoms with van der Waals surface area (Å²) in [6.45, 7) is 3.59. The first kappa shape index (κ1) is 28.0. The number of nitrogens with zero attached hydrogens (tertiary/aromatic N) is 1. The number of alkyl halides is 3. The Kier molecular flexibility index (Phi) is 8.47. The Morgan fingerprint density at radius 2 is 1.72 bits per heavy atom. The summed E-state index contributed by atoms with van der Waals surface area (Å²) in [4.78, 5) is 26.9. The van der Waals surface area contributed by atoms with Gasteiger partial charge in [-0.1, -0.05) is 48.2 Å². The molecule has 1 unspecified atom stereocenters. The van der Waals surface area contributed by atoms with E-state index in [9.17, 15) is 28.0 Å². The van der Waals surface area contributed by atoms with E-state index in [2.05, 4.69) is 22.0 Å². The first-order valence-electron chi connectivity index (χ1n) is 11.7. The number of nitrogens with one attached hydrogen (secondary N) is 3. The zero-order valence-electron chi connectivity index (χ0n) is 20.8. The highest BCUT2D eigenvalue weighted by atomic mass is 32.2. The molecular formula is C28H23F3N4O2S2. The van der Waals surface area contributed by atoms with Gasteiger partial charge in [0.25, 0.3) is 5.91 Å². The number of dihydropyridines is 1. The smallest absolute Gasteiger partial charge is 0.353 e. The van der Waals surface area contributed by atoms with Crippen LogP contribution in [0.15, 0.2) is 87.9 Å². The third-order valence-electron chi connectivity index (χ3n) is 5.97. The average molecular weight is 569 g/mol. The number of thiophene rings is 1. The zero-order chi connectivity index (χ0) is 28.2. The average Bonchev–Trinajstić information content (AvgIpc) is 3.42. The van der Waals surface area contributed by atoms with Crippen LogP contribution in [0.25, 0.3) is 0 Å². The van der Waals surface area contributed by atoms with E-state index in [-0.39, 0.29) is 22.9 Å². The van der Waals surface area contributed by atoms with Gasteiger partial charge in [0.05, 0.1) is 39.6 Å². The van der Waals surface area contributed by atoms with E-state index in [0.29, 0.717) is 22.0 Å². The maximum atomic E-state index is 13.5. The van der Waals surface area contributed by atoms with Crippen molar-refractivity contribution in [2.45, 2.75) is 25.9 Å². The largest absolute Gasteiger partial charge is 0.418 e. The van der Waals surface area contributed by atoms with E-state index in [1.807, 2.05) is 42.6 Å². The molecule has 1 aliphatic rings. The normalized spacial score (nSPS) is 15.4. The van der Waals surface area contributed by atoms with Crippen molar-refractivity contribution in [3.8, 4) is 6.07 Å². The number of halogens is 3. The van der Waals surface area contributed by atoms with Crippen LogP contribution in [0.1, 0.15) is 28.8 Å². The second-order valence-corrected chi connectivity index (χ2v) is 10.6. The monoisotopic (exact) mass is 568 g/mol. The summed E-state index contributed by atoms with van der Waals surface area (Å²) in [6, 6.07) is 17.9. The van der Waals surface area contributed by atoms with E-state index < -0.39 is 23.6 Å². The van der Waals surface area contributed by atoms with Gasteiger partial charge in [-0.3, -0.25) is 9.59 Å². The fourth-order valence-electron chi connectivity index (χ4n) is 4.13. The van der Waals surface area contributed by atoms with Crippen molar-refractivity contribution < 1.29 is 22.8 Å². The summed E-state index contributed by atoms with van der Waals surface area (Å²) in [5.41, 5.74) is 1.35. The van der Waals surface area contributed by atoms with Crippen LogP contribution in [0.2, 0.25) is 0 Å². The molecular weight excluding hydrogens is 545 g/mol. The number of rotatable bonds is 7. The topological polar surface area (TPSA) is 94.0 Å². The van der Waals surface area contributed by atoms with Crippen molar-refractivity contribution in [2.75, 3.05) is 16.4 Å². The lowest BCUT2D eigenvalue weighted by Crippen LogP contribution is -2.31. The predicted molar refractivity (Wildman–Crippen MR) is 148 cm³/mol. The number of para-hydroxylation sites is 2. The molecule has 2 amide bonds. The van der Waals surface area contributed by atoms with E-state index in [4.69, 9.17) is 0 Å². The summed E-state index contributed by atoms with van der Waals surface area (Å²) in [7, 11) is 0. The Hall–Kier alpha value is -4.01. The second kappa shape index (κ2) is 11.8. The van der Waals surface area contributed by atoms with Crippen LogP contribution in [-0.2, 0) is 15.8 Å². The number of thioether (sulfide) groups is 1. The van der Waals surface area contributed by atoms with Gasteiger partial charge in [-0.15, -0.1) is 11.3 Å². The molecule has 2 aromatic carbocycles. The van der Waals surface area contributed by atoms with Crippen molar-refractivity contribution in [1.29, 1.82) is 5.26 Å². The third-order valence-corrected chi connectivity index (χ3v) is 7.92. The second-order valence-electron chi connectivity index (χ2n) is 8.62. The van der Waals surface area contributed by atoms with Gasteiger partial charge in [-0.2, -0.15) is 18.4 Å². The van der Waals surface area contributed by atoms with Crippen LogP contribution in [0.4, 0.5) is 24.5 Å². The number of hydrogen-bond acceptors (Lipinski definition) is 6. The van der Waals surface area contributed by atoms with E-state index in [1.165, 1.54) is 29.5 Å². The fraction of sp³-hybridized carbons (Fsp3) is 0.179. The summed E-state index contributed by atoms with van der Waals surface area (Å²) in [5.74, 6) is -1.97. The molecule has 39 heavy (non-hydrogen) atoms. The van der Waals surface area contributed by atoms with Gasteiger partial charge in [0.1, 0.15) is 0 Å². The van der Waals surface area contributed by atoms with E-state index in [0.717, 1.165) is 28.3 Å². The number of carbonyl (C=O) groups excluding carboxylic acids is 2. The summed E-state index contributed by atoms with van der Waals surface area (Å²) in [6.07, 6.45) is -4.62. The molecule has 1 atom stereocenters. The molecule has 0 saturated carbocycles. The molecule has 0 aliphatic carbocycles. The van der Waals surface area contributed by atoms with Gasteiger partial charge < -0.3 is 16.0 Å². The van der Waals surface area contributed by atoms with E-state index >= 15 is 0 Å². The molecule has 2 heterocycles. The maximum absolute atomic E-state index is 13.5. The highest BCUT2D eigenvalue weighted by Gasteiger charge is 2.36. The molecule has 6 nitrogen and oxygen atoms in total. The number of benzene rings is 2. The number of aryl methyl sites for hydroxylation is 1. The van der Waals surface area contributed by atoms with Crippen molar-refractivity contribution >= 4 is 46.3 Å². The van der Waals surface area contributed by atoms with Crippen molar-refractivity contribution in [1.82, 2.24) is 5.32 Å². The van der Waals surface area contributed by atoms with Crippen molar-refractivity contribution in [3.63, 3.8) is 0 Å². The Morgan fingerprint density at radius 1 is 1.03 bits per heavy atom. The Balaban J connectivity index is 1.59. The van der Waals surface area contributed by atoms with Gasteiger partial charge in [0, 0.05) is 21.8 Å². The van der Waals surface area contributed by atoms with Crippen LogP contribution in [0.3, 0.4) is 0 Å². The molecule has 0 spiro atoms. The number of anilines is 2. The van der Waals surface area contributed by atoms with Gasteiger partial charge in [0.15, 0.2) is 0 Å². The Labute approximate surface area is 231 Å². The molecule has 1 aliphatic heterocycles. The van der Waals surface area contributed by atoms with Crippen LogP contribution >= 0.6 is 23.1 Å². The molecule has 0 radical (unpaired) electrons. The molecule has 11 heteroatoms. The Bertz CT molecular complexity index is 1510. The van der Waals surface area contributed by atoms with Crippen LogP contribution in [-0.4, -0.2) is 17.6 Å². The van der Waals surface area contributed by atoms with Crippen LogP contribution in [0.5, 0.6) is 0 Å². The standard InChI is InChI=1S/C28H23F3N4O2S2/c1-16-8-3-5-10-20(16)35-26(37)24-17(2)33-27(18(14-32)25(24)22-12-7-13-38-22)39-15-23(36)34-21-11-6-4-9-19(21)28(29,30)31/h3-13,25,33H,15H2,1-2H3,(H,34,36)(H,35,37). The van der Waals surface area contributed by atoms with Crippen LogP contribution < -0.4 is 16.0 Å². The minimum atomic E-state index is -4.62. The van der Waals surface area contributed by atoms with Crippen molar-refractivity contribution in [2.24, 2.45) is 0 Å². The highest BCUT2D eigenvalue weighted by molar-refractivity contribution is 8.03. The lowest BCUT2D eigenvalue weighted by atomic mass is 9.86. The van der Waals surface area contributed by atoms with Crippen molar-refractivity contribution in [3.05, 3.63) is 104 Å². The molecule has 200 valence electrons. The Morgan fingerprint density at radius 3 is 2.36 bits per heavy atom. The number of allylic oxidation sites excluding steroid dienone is 2. The molecule has 0 saturated heterocycles. The lowest BCUT2D eigenvalue weighted by Gasteiger charge is -2.29. The molecule has 3 N–H and O–H groups in total. The molecule has 4 rings (SSSR count). The number of hydrogen-bond donors (Lipinski definition) is 3. The molecule has 1 aromatic heterocycles. The lowest BCUT2D eigenvalue weighted by molar-refractivity contribution is -0.137. The third kappa shape index (κ3) is 6.35. The predicted octanol–water partition coefficient (Wildman–Crippen LogP) is 6.78. The maximum Gasteiger partial charge on any atom is 0.418 e. The van der Waals surface area contributed by atoms with Gasteiger partial charge in [-0.05, 0) is 49.1 Å². The first-order valence-corrected chi connectivity index (χ1v) is 13.6. The zero-order valence-corrected chi connectivity index (χ0v) is 22.5. The fourth-order valence-corrected chi connectivity index (χ4v) is 5.87. The minimum absolute atomic E-state index is 0.242. The minimum Gasteiger partial charge on any atom is -0.353 e. The summed E-state index contributed by atoms with van der Waals surface area (Å²) in [5, 5.41) is 20.7. The van der Waals surface area contributed by atoms with Gasteiger partial charge >= 0.3 is 6.18 Å². The molecule has 3 aromatic rings. The quantitative estimate of drug-likeness (QED) is 0.292.